The molecule has 0 spiro atoms. The second-order valence-corrected chi connectivity index (χ2v) is 26.1. The van der Waals surface area contributed by atoms with E-state index in [1.165, 1.54) is 136 Å². The Labute approximate surface area is 513 Å². The standard InChI is InChI=1S/C55H34N2O2.C28H15NS/c1-55(2)42-16-8-14-39-40-15-9-17-44-52(40)54-45(26-21-31-20-25-43(55)53(50(31)54)51(39)42)57(44)33-11-7-10-32(28-33)56(34-23-27-48-41(29-34)37-13-4-6-19-47(37)58-48)35-22-24-38-36-12-3-5-18-46(36)59-49(38)30-35;1-2-6-17(7-3-1)29-20-10-4-8-18-19-9-5-11-22-26(19)28-23(30-22)15-13-16-12-14-21(29)27(24(16)28)25(18)20/h3-30H,1-2H3;1-15H. The topological polar surface area (TPSA) is 39.4 Å². The number of rotatable bonds is 5. The highest BCUT2D eigenvalue weighted by molar-refractivity contribution is 7.26. The minimum absolute atomic E-state index is 0.0834. The van der Waals surface area contributed by atoms with E-state index in [4.69, 9.17) is 8.83 Å². The van der Waals surface area contributed by atoms with Crippen molar-refractivity contribution in [2.75, 3.05) is 4.90 Å². The largest absolute Gasteiger partial charge is 0.456 e. The minimum atomic E-state index is -0.0834. The molecular weight excluding hydrogens is 1100 g/mol. The predicted molar refractivity (Wildman–Crippen MR) is 374 cm³/mol. The zero-order valence-corrected chi connectivity index (χ0v) is 49.2. The summed E-state index contributed by atoms with van der Waals surface area (Å²) in [6, 6.07) is 95.4. The van der Waals surface area contributed by atoms with E-state index < -0.39 is 0 Å². The third kappa shape index (κ3) is 6.23. The normalized spacial score (nSPS) is 13.4. The van der Waals surface area contributed by atoms with Crippen LogP contribution >= 0.6 is 11.3 Å². The van der Waals surface area contributed by atoms with Gasteiger partial charge in [-0.1, -0.05) is 159 Å². The molecule has 22 rings (SSSR count). The molecule has 5 heterocycles. The highest BCUT2D eigenvalue weighted by Crippen LogP contribution is 2.60. The zero-order valence-electron chi connectivity index (χ0n) is 48.4. The first-order chi connectivity index (χ1) is 43.9. The van der Waals surface area contributed by atoms with Crippen LogP contribution in [-0.4, -0.2) is 9.13 Å². The second-order valence-electron chi connectivity index (χ2n) is 25.0. The summed E-state index contributed by atoms with van der Waals surface area (Å²) >= 11 is 1.91. The molecule has 0 amide bonds. The molecule has 5 aromatic heterocycles. The molecule has 0 radical (unpaired) electrons. The van der Waals surface area contributed by atoms with Crippen LogP contribution in [0.4, 0.5) is 17.1 Å². The van der Waals surface area contributed by atoms with Crippen LogP contribution in [0.15, 0.2) is 270 Å². The summed E-state index contributed by atoms with van der Waals surface area (Å²) in [5.74, 6) is 0. The summed E-state index contributed by atoms with van der Waals surface area (Å²) in [4.78, 5) is 2.35. The van der Waals surface area contributed by atoms with Crippen LogP contribution in [0, 0.1) is 0 Å². The van der Waals surface area contributed by atoms with Gasteiger partial charge in [-0.2, -0.15) is 0 Å². The SMILES string of the molecule is CC1(C)c2cccc3c2-c2c1ccc1ccc4c(c21)c1c-3cccc1n4-c1cccc(N(c2ccc3c(c2)oc2ccccc23)c2ccc3oc4ccccc4c3c2)c1.c1ccc(-n2c3cccc4c3c3c5c(ccc6sc7cccc-4c7c65)ccc32)cc1. The van der Waals surface area contributed by atoms with E-state index in [-0.39, 0.29) is 5.41 Å². The first-order valence-electron chi connectivity index (χ1n) is 30.7. The highest BCUT2D eigenvalue weighted by atomic mass is 32.1. The molecule has 0 bridgehead atoms. The van der Waals surface area contributed by atoms with Gasteiger partial charge in [0.2, 0.25) is 0 Å². The molecule has 0 saturated carbocycles. The monoisotopic (exact) mass is 1150 g/mol. The van der Waals surface area contributed by atoms with Gasteiger partial charge in [0.15, 0.2) is 0 Å². The van der Waals surface area contributed by atoms with Crippen molar-refractivity contribution in [2.45, 2.75) is 19.3 Å². The van der Waals surface area contributed by atoms with Crippen molar-refractivity contribution in [3.05, 3.63) is 272 Å². The molecule has 0 unspecified atom stereocenters. The molecule has 0 atom stereocenters. The number of thiophene rings is 1. The van der Waals surface area contributed by atoms with E-state index in [0.29, 0.717) is 0 Å². The van der Waals surface area contributed by atoms with Crippen molar-refractivity contribution < 1.29 is 8.83 Å². The zero-order chi connectivity index (χ0) is 58.1. The minimum Gasteiger partial charge on any atom is -0.456 e. The smallest absolute Gasteiger partial charge is 0.137 e. The van der Waals surface area contributed by atoms with Crippen LogP contribution in [0.2, 0.25) is 0 Å². The molecule has 0 fully saturated rings. The lowest BCUT2D eigenvalue weighted by Gasteiger charge is -2.26. The molecule has 5 nitrogen and oxygen atoms in total. The average molecular weight is 1150 g/mol. The van der Waals surface area contributed by atoms with E-state index in [2.05, 4.69) is 264 Å². The molecule has 3 aliphatic carbocycles. The Kier molecular flexibility index (Phi) is 9.21. The molecule has 89 heavy (non-hydrogen) atoms. The fourth-order valence-corrected chi connectivity index (χ4v) is 17.6. The van der Waals surface area contributed by atoms with Gasteiger partial charge in [-0.15, -0.1) is 11.3 Å². The van der Waals surface area contributed by atoms with Gasteiger partial charge >= 0.3 is 0 Å². The summed E-state index contributed by atoms with van der Waals surface area (Å²) < 4.78 is 20.5. The van der Waals surface area contributed by atoms with Gasteiger partial charge in [-0.25, -0.2) is 0 Å². The summed E-state index contributed by atoms with van der Waals surface area (Å²) in [7, 11) is 0. The number of benzene rings is 14. The lowest BCUT2D eigenvalue weighted by Crippen LogP contribution is -2.14. The lowest BCUT2D eigenvalue weighted by atomic mass is 9.81. The van der Waals surface area contributed by atoms with Crippen molar-refractivity contribution in [3.63, 3.8) is 0 Å². The third-order valence-electron chi connectivity index (χ3n) is 20.2. The van der Waals surface area contributed by atoms with Gasteiger partial charge in [0.1, 0.15) is 22.3 Å². The number of nitrogens with zero attached hydrogens (tertiary/aromatic N) is 3. The molecule has 14 aromatic carbocycles. The van der Waals surface area contributed by atoms with Gasteiger partial charge in [-0.05, 0) is 170 Å². The van der Waals surface area contributed by atoms with Crippen molar-refractivity contribution in [1.82, 2.24) is 9.13 Å². The molecule has 414 valence electrons. The van der Waals surface area contributed by atoms with E-state index in [1.807, 2.05) is 35.6 Å². The average Bonchev–Trinajstić information content (AvgIpc) is 1.54. The van der Waals surface area contributed by atoms with E-state index >= 15 is 0 Å². The fourth-order valence-electron chi connectivity index (χ4n) is 16.5. The lowest BCUT2D eigenvalue weighted by molar-refractivity contribution is 0.661. The molecule has 0 saturated heterocycles. The Hall–Kier alpha value is -11.2. The Balaban J connectivity index is 0.000000150. The van der Waals surface area contributed by atoms with Gasteiger partial charge < -0.3 is 22.9 Å². The van der Waals surface area contributed by atoms with Gasteiger partial charge in [0.05, 0.1) is 22.1 Å². The number of fused-ring (bicyclic) bond motifs is 8. The van der Waals surface area contributed by atoms with Crippen molar-refractivity contribution in [1.29, 1.82) is 0 Å². The van der Waals surface area contributed by atoms with Crippen molar-refractivity contribution >= 4 is 158 Å². The Morgan fingerprint density at radius 1 is 0.315 bits per heavy atom. The molecule has 6 heteroatoms. The van der Waals surface area contributed by atoms with Crippen LogP contribution < -0.4 is 4.90 Å². The second kappa shape index (κ2) is 17.1. The molecular formula is C83H49N3O2S. The van der Waals surface area contributed by atoms with Crippen LogP contribution in [0.3, 0.4) is 0 Å². The molecule has 0 aliphatic heterocycles. The number of hydrogen-bond acceptors (Lipinski definition) is 4. The Bertz CT molecular complexity index is 6400. The number of furan rings is 2. The van der Waals surface area contributed by atoms with Crippen LogP contribution in [0.25, 0.3) is 174 Å². The molecule has 0 N–H and O–H groups in total. The van der Waals surface area contributed by atoms with Crippen LogP contribution in [0.1, 0.15) is 25.0 Å². The molecule has 3 aliphatic rings. The highest BCUT2D eigenvalue weighted by Gasteiger charge is 2.40. The summed E-state index contributed by atoms with van der Waals surface area (Å²) in [5.41, 5.74) is 24.8. The fraction of sp³-hybridized carbons (Fsp3) is 0.0361. The summed E-state index contributed by atoms with van der Waals surface area (Å²) in [5, 5.41) is 18.1. The van der Waals surface area contributed by atoms with Gasteiger partial charge in [-0.3, -0.25) is 0 Å². The number of aromatic nitrogens is 2. The van der Waals surface area contributed by atoms with Gasteiger partial charge in [0.25, 0.3) is 0 Å². The van der Waals surface area contributed by atoms with Crippen molar-refractivity contribution in [3.8, 4) is 44.8 Å². The van der Waals surface area contributed by atoms with Gasteiger partial charge in [0, 0.05) is 109 Å². The summed E-state index contributed by atoms with van der Waals surface area (Å²) in [6.45, 7) is 4.77. The molecule has 19 aromatic rings. The van der Waals surface area contributed by atoms with Crippen molar-refractivity contribution in [2.24, 2.45) is 0 Å². The van der Waals surface area contributed by atoms with E-state index in [0.717, 1.165) is 66.6 Å². The predicted octanol–water partition coefficient (Wildman–Crippen LogP) is 23.8. The number of anilines is 3. The Morgan fingerprint density at radius 2 is 0.843 bits per heavy atom. The first-order valence-corrected chi connectivity index (χ1v) is 31.5. The maximum absolute atomic E-state index is 6.48. The Morgan fingerprint density at radius 3 is 1.64 bits per heavy atom. The summed E-state index contributed by atoms with van der Waals surface area (Å²) in [6.07, 6.45) is 0. The maximum Gasteiger partial charge on any atom is 0.137 e. The first kappa shape index (κ1) is 48.0. The van der Waals surface area contributed by atoms with E-state index in [9.17, 15) is 0 Å². The number of hydrogen-bond donors (Lipinski definition) is 0. The third-order valence-corrected chi connectivity index (χ3v) is 21.3. The van der Waals surface area contributed by atoms with Crippen LogP contribution in [0.5, 0.6) is 0 Å². The maximum atomic E-state index is 6.48. The quantitative estimate of drug-likeness (QED) is 0.172. The van der Waals surface area contributed by atoms with E-state index in [1.54, 1.807) is 0 Å². The van der Waals surface area contributed by atoms with Crippen LogP contribution in [-0.2, 0) is 5.41 Å². The number of para-hydroxylation sites is 3.